The zero-order valence-corrected chi connectivity index (χ0v) is 9.10. The first kappa shape index (κ1) is 10.6. The smallest absolute Gasteiger partial charge is 0.123 e. The van der Waals surface area contributed by atoms with Crippen molar-refractivity contribution >= 4 is 5.69 Å². The third kappa shape index (κ3) is 2.57. The van der Waals surface area contributed by atoms with Gasteiger partial charge < -0.3 is 4.90 Å². The van der Waals surface area contributed by atoms with Crippen LogP contribution in [0.15, 0.2) is 48.8 Å². The fourth-order valence-corrected chi connectivity index (χ4v) is 1.58. The molecule has 0 bridgehead atoms. The number of aromatic nitrogens is 1. The van der Waals surface area contributed by atoms with Crippen LogP contribution in [0.25, 0.3) is 0 Å². The van der Waals surface area contributed by atoms with Gasteiger partial charge in [-0.15, -0.1) is 0 Å². The SMILES string of the molecule is CN(Cc1cccc(F)c1)c1cccnc1. The van der Waals surface area contributed by atoms with E-state index < -0.39 is 0 Å². The summed E-state index contributed by atoms with van der Waals surface area (Å²) in [5.41, 5.74) is 1.97. The van der Waals surface area contributed by atoms with Gasteiger partial charge in [0, 0.05) is 19.8 Å². The third-order valence-electron chi connectivity index (χ3n) is 2.40. The van der Waals surface area contributed by atoms with Gasteiger partial charge in [-0.3, -0.25) is 4.98 Å². The number of halogens is 1. The Bertz CT molecular complexity index is 456. The summed E-state index contributed by atoms with van der Waals surface area (Å²) < 4.78 is 13.0. The molecule has 1 aromatic carbocycles. The normalized spacial score (nSPS) is 10.1. The van der Waals surface area contributed by atoms with E-state index in [2.05, 4.69) is 4.98 Å². The van der Waals surface area contributed by atoms with Crippen molar-refractivity contribution in [2.75, 3.05) is 11.9 Å². The molecular weight excluding hydrogens is 203 g/mol. The maximum absolute atomic E-state index is 13.0. The number of pyridine rings is 1. The van der Waals surface area contributed by atoms with Gasteiger partial charge in [0.15, 0.2) is 0 Å². The van der Waals surface area contributed by atoms with Crippen molar-refractivity contribution in [2.45, 2.75) is 6.54 Å². The zero-order valence-electron chi connectivity index (χ0n) is 9.10. The van der Waals surface area contributed by atoms with Gasteiger partial charge >= 0.3 is 0 Å². The largest absolute Gasteiger partial charge is 0.369 e. The Hall–Kier alpha value is -1.90. The standard InChI is InChI=1S/C13H13FN2/c1-16(13-6-3-7-15-9-13)10-11-4-2-5-12(14)8-11/h2-9H,10H2,1H3. The Balaban J connectivity index is 2.11. The number of anilines is 1. The molecule has 0 fully saturated rings. The van der Waals surface area contributed by atoms with Crippen LogP contribution in [-0.4, -0.2) is 12.0 Å². The molecule has 0 amide bonds. The third-order valence-corrected chi connectivity index (χ3v) is 2.40. The molecule has 0 saturated carbocycles. The van der Waals surface area contributed by atoms with Gasteiger partial charge in [-0.25, -0.2) is 4.39 Å². The molecular formula is C13H13FN2. The highest BCUT2D eigenvalue weighted by Crippen LogP contribution is 2.13. The number of rotatable bonds is 3. The van der Waals surface area contributed by atoms with E-state index in [-0.39, 0.29) is 5.82 Å². The first-order valence-electron chi connectivity index (χ1n) is 5.11. The summed E-state index contributed by atoms with van der Waals surface area (Å²) in [6.07, 6.45) is 3.53. The van der Waals surface area contributed by atoms with E-state index in [9.17, 15) is 4.39 Å². The van der Waals surface area contributed by atoms with Crippen molar-refractivity contribution in [3.63, 3.8) is 0 Å². The Kier molecular flexibility index (Phi) is 3.15. The Morgan fingerprint density at radius 1 is 1.25 bits per heavy atom. The first-order chi connectivity index (χ1) is 7.75. The van der Waals surface area contributed by atoms with Crippen LogP contribution in [-0.2, 0) is 6.54 Å². The van der Waals surface area contributed by atoms with Crippen LogP contribution in [0.2, 0.25) is 0 Å². The minimum atomic E-state index is -0.197. The molecule has 0 saturated heterocycles. The molecule has 0 radical (unpaired) electrons. The molecule has 0 atom stereocenters. The average Bonchev–Trinajstić information content (AvgIpc) is 2.30. The average molecular weight is 216 g/mol. The second-order valence-corrected chi connectivity index (χ2v) is 3.70. The van der Waals surface area contributed by atoms with Crippen LogP contribution in [0.4, 0.5) is 10.1 Å². The lowest BCUT2D eigenvalue weighted by Crippen LogP contribution is -2.16. The fraction of sp³-hybridized carbons (Fsp3) is 0.154. The minimum Gasteiger partial charge on any atom is -0.369 e. The zero-order chi connectivity index (χ0) is 11.4. The molecule has 0 N–H and O–H groups in total. The maximum atomic E-state index is 13.0. The molecule has 1 aromatic heterocycles. The first-order valence-corrected chi connectivity index (χ1v) is 5.11. The summed E-state index contributed by atoms with van der Waals surface area (Å²) in [6, 6.07) is 10.5. The molecule has 16 heavy (non-hydrogen) atoms. The fourth-order valence-electron chi connectivity index (χ4n) is 1.58. The van der Waals surface area contributed by atoms with E-state index in [1.165, 1.54) is 6.07 Å². The van der Waals surface area contributed by atoms with Crippen LogP contribution in [0, 0.1) is 5.82 Å². The van der Waals surface area contributed by atoms with Crippen LogP contribution in [0.1, 0.15) is 5.56 Å². The van der Waals surface area contributed by atoms with Crippen molar-refractivity contribution in [1.29, 1.82) is 0 Å². The molecule has 0 aliphatic heterocycles. The van der Waals surface area contributed by atoms with Crippen molar-refractivity contribution in [3.8, 4) is 0 Å². The lowest BCUT2D eigenvalue weighted by atomic mass is 10.2. The van der Waals surface area contributed by atoms with E-state index in [4.69, 9.17) is 0 Å². The monoisotopic (exact) mass is 216 g/mol. The lowest BCUT2D eigenvalue weighted by molar-refractivity contribution is 0.625. The predicted molar refractivity (Wildman–Crippen MR) is 62.7 cm³/mol. The van der Waals surface area contributed by atoms with E-state index in [0.717, 1.165) is 11.3 Å². The second kappa shape index (κ2) is 4.75. The minimum absolute atomic E-state index is 0.197. The summed E-state index contributed by atoms with van der Waals surface area (Å²) in [5.74, 6) is -0.197. The molecule has 3 heteroatoms. The van der Waals surface area contributed by atoms with E-state index in [1.807, 2.05) is 30.1 Å². The van der Waals surface area contributed by atoms with Gasteiger partial charge in [0.1, 0.15) is 5.82 Å². The summed E-state index contributed by atoms with van der Waals surface area (Å²) in [6.45, 7) is 0.670. The number of benzene rings is 1. The molecule has 0 aliphatic rings. The highest BCUT2D eigenvalue weighted by molar-refractivity contribution is 5.43. The number of hydrogen-bond acceptors (Lipinski definition) is 2. The van der Waals surface area contributed by atoms with Crippen molar-refractivity contribution < 1.29 is 4.39 Å². The number of nitrogens with zero attached hydrogens (tertiary/aromatic N) is 2. The molecule has 0 unspecified atom stereocenters. The van der Waals surface area contributed by atoms with E-state index in [0.29, 0.717) is 6.54 Å². The van der Waals surface area contributed by atoms with Crippen LogP contribution in [0.5, 0.6) is 0 Å². The molecule has 82 valence electrons. The van der Waals surface area contributed by atoms with Crippen molar-refractivity contribution in [3.05, 3.63) is 60.2 Å². The van der Waals surface area contributed by atoms with Gasteiger partial charge in [-0.1, -0.05) is 12.1 Å². The highest BCUT2D eigenvalue weighted by atomic mass is 19.1. The summed E-state index contributed by atoms with van der Waals surface area (Å²) in [4.78, 5) is 6.08. The van der Waals surface area contributed by atoms with Gasteiger partial charge in [-0.2, -0.15) is 0 Å². The van der Waals surface area contributed by atoms with Crippen molar-refractivity contribution in [2.24, 2.45) is 0 Å². The summed E-state index contributed by atoms with van der Waals surface area (Å²) >= 11 is 0. The van der Waals surface area contributed by atoms with E-state index in [1.54, 1.807) is 24.5 Å². The van der Waals surface area contributed by atoms with Crippen LogP contribution in [0.3, 0.4) is 0 Å². The lowest BCUT2D eigenvalue weighted by Gasteiger charge is -2.18. The topological polar surface area (TPSA) is 16.1 Å². The van der Waals surface area contributed by atoms with E-state index >= 15 is 0 Å². The van der Waals surface area contributed by atoms with Gasteiger partial charge in [0.25, 0.3) is 0 Å². The molecule has 0 spiro atoms. The Labute approximate surface area is 94.4 Å². The second-order valence-electron chi connectivity index (χ2n) is 3.70. The molecule has 1 heterocycles. The van der Waals surface area contributed by atoms with Gasteiger partial charge in [0.2, 0.25) is 0 Å². The van der Waals surface area contributed by atoms with Crippen LogP contribution >= 0.6 is 0 Å². The summed E-state index contributed by atoms with van der Waals surface area (Å²) in [7, 11) is 1.96. The molecule has 0 aliphatic carbocycles. The molecule has 2 nitrogen and oxygen atoms in total. The number of hydrogen-bond donors (Lipinski definition) is 0. The Morgan fingerprint density at radius 2 is 2.12 bits per heavy atom. The van der Waals surface area contributed by atoms with Gasteiger partial charge in [-0.05, 0) is 29.8 Å². The van der Waals surface area contributed by atoms with Gasteiger partial charge in [0.05, 0.1) is 11.9 Å². The Morgan fingerprint density at radius 3 is 2.81 bits per heavy atom. The predicted octanol–water partition coefficient (Wildman–Crippen LogP) is 2.86. The summed E-state index contributed by atoms with van der Waals surface area (Å²) in [5, 5.41) is 0. The van der Waals surface area contributed by atoms with Crippen LogP contribution < -0.4 is 4.90 Å². The highest BCUT2D eigenvalue weighted by Gasteiger charge is 2.02. The molecule has 2 aromatic rings. The molecule has 2 rings (SSSR count). The maximum Gasteiger partial charge on any atom is 0.123 e. The quantitative estimate of drug-likeness (QED) is 0.784. The van der Waals surface area contributed by atoms with Crippen molar-refractivity contribution in [1.82, 2.24) is 4.98 Å².